The van der Waals surface area contributed by atoms with Crippen molar-refractivity contribution in [3.8, 4) is 17.7 Å². The summed E-state index contributed by atoms with van der Waals surface area (Å²) in [4.78, 5) is 16.6. The molecule has 0 saturated heterocycles. The Kier molecular flexibility index (Phi) is 6.14. The van der Waals surface area contributed by atoms with Gasteiger partial charge in [0, 0.05) is 29.7 Å². The minimum atomic E-state index is -0.398. The predicted molar refractivity (Wildman–Crippen MR) is 125 cm³/mol. The predicted octanol–water partition coefficient (Wildman–Crippen LogP) is 1.98. The molecule has 0 bridgehead atoms. The zero-order valence-corrected chi connectivity index (χ0v) is 19.5. The second-order valence-electron chi connectivity index (χ2n) is 8.40. The van der Waals surface area contributed by atoms with Crippen LogP contribution in [0.1, 0.15) is 52.5 Å². The Balaban J connectivity index is 1.43. The minimum absolute atomic E-state index is 0.0541. The van der Waals surface area contributed by atoms with Crippen molar-refractivity contribution in [2.75, 3.05) is 6.61 Å². The maximum atomic E-state index is 12.4. The average molecular weight is 486 g/mol. The number of carbonyl (C=O) groups excluding carboxylic acids is 1. The number of fused-ring (bicyclic) bond motifs is 3. The molecule has 1 amide bonds. The number of allylic oxidation sites excluding steroid dienone is 3. The number of hydrogen-bond donors (Lipinski definition) is 2. The van der Waals surface area contributed by atoms with E-state index in [1.807, 2.05) is 18.2 Å². The van der Waals surface area contributed by atoms with E-state index in [4.69, 9.17) is 14.4 Å². The van der Waals surface area contributed by atoms with E-state index in [0.29, 0.717) is 46.5 Å². The molecule has 12 nitrogen and oxygen atoms in total. The summed E-state index contributed by atoms with van der Waals surface area (Å²) < 4.78 is 12.7. The van der Waals surface area contributed by atoms with Gasteiger partial charge in [-0.2, -0.15) is 14.9 Å². The third kappa shape index (κ3) is 4.27. The molecule has 5 rings (SSSR count). The molecule has 2 aliphatic rings. The molecule has 1 aliphatic carbocycles. The molecule has 2 N–H and O–H groups in total. The summed E-state index contributed by atoms with van der Waals surface area (Å²) in [6.45, 7) is 3.24. The number of nitrogens with zero attached hydrogens (tertiary/aromatic N) is 7. The number of aliphatic hydroxyl groups excluding tert-OH is 1. The topological polar surface area (TPSA) is 164 Å². The van der Waals surface area contributed by atoms with Crippen molar-refractivity contribution >= 4 is 11.8 Å². The maximum absolute atomic E-state index is 12.4. The average Bonchev–Trinajstić information content (AvgIpc) is 3.52. The number of carbonyl (C=O) groups is 1. The van der Waals surface area contributed by atoms with Crippen molar-refractivity contribution in [1.82, 2.24) is 30.3 Å². The normalized spacial score (nSPS) is 16.8. The second-order valence-corrected chi connectivity index (χ2v) is 8.40. The van der Waals surface area contributed by atoms with Gasteiger partial charge < -0.3 is 19.7 Å². The number of nitriles is 1. The van der Waals surface area contributed by atoms with Gasteiger partial charge in [-0.05, 0) is 25.5 Å². The molecule has 182 valence electrons. The Morgan fingerprint density at radius 1 is 1.42 bits per heavy atom. The molecule has 1 aromatic carbocycles. The summed E-state index contributed by atoms with van der Waals surface area (Å²) >= 11 is 0. The Labute approximate surface area is 205 Å². The maximum Gasteiger partial charge on any atom is 0.251 e. The van der Waals surface area contributed by atoms with E-state index >= 15 is 0 Å². The summed E-state index contributed by atoms with van der Waals surface area (Å²) in [5.41, 5.74) is 2.07. The van der Waals surface area contributed by atoms with Crippen LogP contribution in [-0.2, 0) is 11.3 Å². The highest BCUT2D eigenvalue weighted by Crippen LogP contribution is 2.36. The number of hydrogen-bond acceptors (Lipinski definition) is 10. The number of aryl methyl sites for hydroxylation is 1. The van der Waals surface area contributed by atoms with Crippen molar-refractivity contribution in [3.63, 3.8) is 0 Å². The minimum Gasteiger partial charge on any atom is -0.472 e. The lowest BCUT2D eigenvalue weighted by atomic mass is 9.89. The van der Waals surface area contributed by atoms with Crippen molar-refractivity contribution < 1.29 is 19.2 Å². The Hall–Kier alpha value is -4.63. The molecular weight excluding hydrogens is 464 g/mol. The number of amides is 1. The van der Waals surface area contributed by atoms with Crippen LogP contribution in [0.5, 0.6) is 0 Å². The van der Waals surface area contributed by atoms with Gasteiger partial charge in [0.2, 0.25) is 23.4 Å². The zero-order chi connectivity index (χ0) is 25.2. The fourth-order valence-electron chi connectivity index (χ4n) is 3.94. The molecule has 12 heteroatoms. The van der Waals surface area contributed by atoms with Crippen molar-refractivity contribution in [3.05, 3.63) is 70.4 Å². The lowest BCUT2D eigenvalue weighted by molar-refractivity contribution is 0.0922. The SMILES string of the molecule is Cc1nc(-c2nnc3n2N=C(OCc2ccc(C(=O)N[C@H](C)CO)cc2C#N)C2=CC=CCC23)no1. The van der Waals surface area contributed by atoms with Crippen LogP contribution in [0, 0.1) is 18.3 Å². The molecule has 0 radical (unpaired) electrons. The lowest BCUT2D eigenvalue weighted by Gasteiger charge is -2.26. The molecule has 3 aromatic rings. The van der Waals surface area contributed by atoms with Gasteiger partial charge in [-0.1, -0.05) is 29.5 Å². The quantitative estimate of drug-likeness (QED) is 0.530. The van der Waals surface area contributed by atoms with Crippen molar-refractivity contribution in [1.29, 1.82) is 5.26 Å². The molecule has 0 spiro atoms. The van der Waals surface area contributed by atoms with Crippen LogP contribution in [0.3, 0.4) is 0 Å². The lowest BCUT2D eigenvalue weighted by Crippen LogP contribution is -2.35. The summed E-state index contributed by atoms with van der Waals surface area (Å²) in [6.07, 6.45) is 6.58. The van der Waals surface area contributed by atoms with Gasteiger partial charge in [-0.15, -0.1) is 15.3 Å². The van der Waals surface area contributed by atoms with Crippen molar-refractivity contribution in [2.24, 2.45) is 5.10 Å². The van der Waals surface area contributed by atoms with E-state index in [0.717, 1.165) is 5.57 Å². The number of nitrogens with one attached hydrogen (secondary N) is 1. The number of rotatable bonds is 6. The summed E-state index contributed by atoms with van der Waals surface area (Å²) in [6, 6.07) is 6.51. The van der Waals surface area contributed by atoms with Gasteiger partial charge in [-0.25, -0.2) is 0 Å². The molecule has 0 fully saturated rings. The van der Waals surface area contributed by atoms with Gasteiger partial charge in [0.25, 0.3) is 5.91 Å². The Bertz CT molecular complexity index is 1460. The zero-order valence-electron chi connectivity index (χ0n) is 19.5. The summed E-state index contributed by atoms with van der Waals surface area (Å²) in [7, 11) is 0. The van der Waals surface area contributed by atoms with Crippen LogP contribution in [0.4, 0.5) is 0 Å². The third-order valence-corrected chi connectivity index (χ3v) is 5.81. The first kappa shape index (κ1) is 23.1. The summed E-state index contributed by atoms with van der Waals surface area (Å²) in [5.74, 6) is 1.51. The smallest absolute Gasteiger partial charge is 0.251 e. The number of ether oxygens (including phenoxy) is 1. The van der Waals surface area contributed by atoms with Gasteiger partial charge in [0.05, 0.1) is 24.2 Å². The van der Waals surface area contributed by atoms with Gasteiger partial charge in [0.1, 0.15) is 6.61 Å². The van der Waals surface area contributed by atoms with Crippen molar-refractivity contribution in [2.45, 2.75) is 38.8 Å². The van der Waals surface area contributed by atoms with Crippen LogP contribution in [0.15, 0.2) is 51.6 Å². The van der Waals surface area contributed by atoms with E-state index in [1.165, 1.54) is 6.07 Å². The molecule has 1 unspecified atom stereocenters. The van der Waals surface area contributed by atoms with Crippen LogP contribution >= 0.6 is 0 Å². The standard InChI is InChI=1S/C24H22N8O4/c1-13(11-33)26-23(34)15-7-8-16(17(9-15)10-25)12-35-24-19-6-4-3-5-18(19)21-28-29-22(32(21)30-24)20-27-14(2)36-31-20/h3-4,6-9,13,18,33H,5,11-12H2,1-2H3,(H,26,34)/t13-,18?/m1/s1. The van der Waals surface area contributed by atoms with E-state index in [-0.39, 0.29) is 30.9 Å². The van der Waals surface area contributed by atoms with Crippen LogP contribution in [0.2, 0.25) is 0 Å². The van der Waals surface area contributed by atoms with Gasteiger partial charge in [-0.3, -0.25) is 4.79 Å². The van der Waals surface area contributed by atoms with Crippen LogP contribution < -0.4 is 5.32 Å². The van der Waals surface area contributed by atoms with E-state index < -0.39 is 6.04 Å². The van der Waals surface area contributed by atoms with Gasteiger partial charge >= 0.3 is 0 Å². The van der Waals surface area contributed by atoms with E-state index in [2.05, 4.69) is 36.8 Å². The van der Waals surface area contributed by atoms with E-state index in [1.54, 1.807) is 30.7 Å². The molecule has 2 atom stereocenters. The highest BCUT2D eigenvalue weighted by molar-refractivity contribution is 5.97. The third-order valence-electron chi connectivity index (χ3n) is 5.81. The Morgan fingerprint density at radius 2 is 2.28 bits per heavy atom. The molecule has 0 saturated carbocycles. The molecular formula is C24H22N8O4. The first-order valence-electron chi connectivity index (χ1n) is 11.3. The number of benzene rings is 1. The molecule has 1 aliphatic heterocycles. The van der Waals surface area contributed by atoms with Crippen LogP contribution in [-0.4, -0.2) is 54.6 Å². The summed E-state index contributed by atoms with van der Waals surface area (Å²) in [5, 5.41) is 38.6. The number of aliphatic hydroxyl groups is 1. The molecule has 3 heterocycles. The molecule has 36 heavy (non-hydrogen) atoms. The Morgan fingerprint density at radius 3 is 3.03 bits per heavy atom. The van der Waals surface area contributed by atoms with Crippen LogP contribution in [0.25, 0.3) is 11.6 Å². The van der Waals surface area contributed by atoms with Gasteiger partial charge in [0.15, 0.2) is 5.82 Å². The number of aromatic nitrogens is 5. The van der Waals surface area contributed by atoms with E-state index in [9.17, 15) is 10.1 Å². The molecule has 2 aromatic heterocycles. The second kappa shape index (κ2) is 9.55. The highest BCUT2D eigenvalue weighted by Gasteiger charge is 2.34. The fourth-order valence-corrected chi connectivity index (χ4v) is 3.94. The fraction of sp³-hybridized carbons (Fsp3) is 0.292. The monoisotopic (exact) mass is 486 g/mol. The highest BCUT2D eigenvalue weighted by atomic mass is 16.5. The largest absolute Gasteiger partial charge is 0.472 e. The first-order chi connectivity index (χ1) is 17.5. The first-order valence-corrected chi connectivity index (χ1v) is 11.3.